The lowest BCUT2D eigenvalue weighted by molar-refractivity contribution is -0.144. The third-order valence-electron chi connectivity index (χ3n) is 3.22. The molecule has 0 radical (unpaired) electrons. The average molecular weight is 305 g/mol. The number of ether oxygens (including phenoxy) is 1. The van der Waals surface area contributed by atoms with Crippen molar-refractivity contribution in [3.63, 3.8) is 0 Å². The van der Waals surface area contributed by atoms with E-state index in [1.807, 2.05) is 6.07 Å². The van der Waals surface area contributed by atoms with Gasteiger partial charge in [0.05, 0.1) is 6.61 Å². The summed E-state index contributed by atoms with van der Waals surface area (Å²) in [6.45, 7) is 2.00. The standard InChI is InChI=1S/C17H17F2NO2/c1-2-22-17(21)16(20)9-11-4-3-5-12(8-11)13-6-7-14(18)15(19)10-13/h3-8,10,16H,2,9,20H2,1H3/t16-/m1/s1. The number of nitrogens with two attached hydrogens (primary N) is 1. The van der Waals surface area contributed by atoms with Crippen LogP contribution in [0.25, 0.3) is 11.1 Å². The van der Waals surface area contributed by atoms with Gasteiger partial charge in [-0.25, -0.2) is 8.78 Å². The molecule has 5 heteroatoms. The smallest absolute Gasteiger partial charge is 0.323 e. The van der Waals surface area contributed by atoms with Crippen molar-refractivity contribution in [1.82, 2.24) is 0 Å². The van der Waals surface area contributed by atoms with Crippen molar-refractivity contribution < 1.29 is 18.3 Å². The highest BCUT2D eigenvalue weighted by Gasteiger charge is 2.15. The Morgan fingerprint density at radius 2 is 1.86 bits per heavy atom. The van der Waals surface area contributed by atoms with Gasteiger partial charge in [0.1, 0.15) is 6.04 Å². The van der Waals surface area contributed by atoms with Crippen molar-refractivity contribution in [2.45, 2.75) is 19.4 Å². The van der Waals surface area contributed by atoms with Gasteiger partial charge in [-0.3, -0.25) is 4.79 Å². The fourth-order valence-corrected chi connectivity index (χ4v) is 2.14. The van der Waals surface area contributed by atoms with Gasteiger partial charge in [0.25, 0.3) is 0 Å². The number of esters is 1. The number of rotatable bonds is 5. The molecule has 0 amide bonds. The Bertz CT molecular complexity index is 673. The molecule has 2 N–H and O–H groups in total. The maximum absolute atomic E-state index is 13.3. The van der Waals surface area contributed by atoms with Crippen LogP contribution in [0.1, 0.15) is 12.5 Å². The van der Waals surface area contributed by atoms with E-state index in [0.29, 0.717) is 12.0 Å². The van der Waals surface area contributed by atoms with Gasteiger partial charge in [-0.15, -0.1) is 0 Å². The fraction of sp³-hybridized carbons (Fsp3) is 0.235. The number of benzene rings is 2. The molecule has 0 saturated carbocycles. The number of carbonyl (C=O) groups is 1. The molecule has 22 heavy (non-hydrogen) atoms. The van der Waals surface area contributed by atoms with Crippen LogP contribution in [0, 0.1) is 11.6 Å². The predicted molar refractivity (Wildman–Crippen MR) is 80.1 cm³/mol. The largest absolute Gasteiger partial charge is 0.465 e. The maximum Gasteiger partial charge on any atom is 0.323 e. The summed E-state index contributed by atoms with van der Waals surface area (Å²) in [4.78, 5) is 11.5. The first-order valence-corrected chi connectivity index (χ1v) is 6.98. The topological polar surface area (TPSA) is 52.3 Å². The van der Waals surface area contributed by atoms with E-state index in [1.54, 1.807) is 25.1 Å². The van der Waals surface area contributed by atoms with Crippen LogP contribution in [0.5, 0.6) is 0 Å². The van der Waals surface area contributed by atoms with E-state index in [1.165, 1.54) is 6.07 Å². The second-order valence-electron chi connectivity index (χ2n) is 4.89. The zero-order valence-electron chi connectivity index (χ0n) is 12.2. The molecule has 0 bridgehead atoms. The van der Waals surface area contributed by atoms with E-state index in [-0.39, 0.29) is 6.61 Å². The summed E-state index contributed by atoms with van der Waals surface area (Å²) in [5, 5.41) is 0. The van der Waals surface area contributed by atoms with E-state index < -0.39 is 23.6 Å². The fourth-order valence-electron chi connectivity index (χ4n) is 2.14. The van der Waals surface area contributed by atoms with E-state index in [9.17, 15) is 13.6 Å². The Morgan fingerprint density at radius 3 is 2.55 bits per heavy atom. The maximum atomic E-state index is 13.3. The zero-order valence-corrected chi connectivity index (χ0v) is 12.2. The van der Waals surface area contributed by atoms with Gasteiger partial charge in [-0.05, 0) is 42.2 Å². The second kappa shape index (κ2) is 7.13. The Balaban J connectivity index is 2.19. The van der Waals surface area contributed by atoms with Crippen LogP contribution in [-0.2, 0) is 16.0 Å². The van der Waals surface area contributed by atoms with Crippen molar-refractivity contribution in [2.75, 3.05) is 6.61 Å². The van der Waals surface area contributed by atoms with Gasteiger partial charge in [-0.2, -0.15) is 0 Å². The van der Waals surface area contributed by atoms with Crippen LogP contribution in [-0.4, -0.2) is 18.6 Å². The van der Waals surface area contributed by atoms with E-state index >= 15 is 0 Å². The number of halogens is 2. The van der Waals surface area contributed by atoms with Crippen LogP contribution < -0.4 is 5.73 Å². The van der Waals surface area contributed by atoms with Crippen LogP contribution in [0.4, 0.5) is 8.78 Å². The van der Waals surface area contributed by atoms with Gasteiger partial charge < -0.3 is 10.5 Å². The zero-order chi connectivity index (χ0) is 16.1. The monoisotopic (exact) mass is 305 g/mol. The third-order valence-corrected chi connectivity index (χ3v) is 3.22. The van der Waals surface area contributed by atoms with E-state index in [2.05, 4.69) is 0 Å². The molecule has 3 nitrogen and oxygen atoms in total. The van der Waals surface area contributed by atoms with Crippen LogP contribution >= 0.6 is 0 Å². The summed E-state index contributed by atoms with van der Waals surface area (Å²) >= 11 is 0. The SMILES string of the molecule is CCOC(=O)[C@H](N)Cc1cccc(-c2ccc(F)c(F)c2)c1. The third kappa shape index (κ3) is 3.89. The molecule has 0 heterocycles. The Hall–Kier alpha value is -2.27. The molecule has 2 aromatic rings. The summed E-state index contributed by atoms with van der Waals surface area (Å²) in [7, 11) is 0. The molecule has 0 aliphatic rings. The quantitative estimate of drug-likeness (QED) is 0.864. The first-order chi connectivity index (χ1) is 10.5. The van der Waals surface area contributed by atoms with E-state index in [0.717, 1.165) is 23.3 Å². The van der Waals surface area contributed by atoms with Crippen molar-refractivity contribution in [3.8, 4) is 11.1 Å². The molecule has 116 valence electrons. The van der Waals surface area contributed by atoms with Crippen molar-refractivity contribution in [1.29, 1.82) is 0 Å². The Morgan fingerprint density at radius 1 is 1.14 bits per heavy atom. The molecular weight excluding hydrogens is 288 g/mol. The lowest BCUT2D eigenvalue weighted by Crippen LogP contribution is -2.34. The lowest BCUT2D eigenvalue weighted by atomic mass is 9.99. The van der Waals surface area contributed by atoms with E-state index in [4.69, 9.17) is 10.5 Å². The van der Waals surface area contributed by atoms with Crippen molar-refractivity contribution in [2.24, 2.45) is 5.73 Å². The number of hydrogen-bond donors (Lipinski definition) is 1. The van der Waals surface area contributed by atoms with Crippen LogP contribution in [0.3, 0.4) is 0 Å². The Labute approximate surface area is 127 Å². The first-order valence-electron chi connectivity index (χ1n) is 6.98. The van der Waals surface area contributed by atoms with Crippen LogP contribution in [0.2, 0.25) is 0 Å². The Kier molecular flexibility index (Phi) is 5.22. The normalized spacial score (nSPS) is 12.0. The first kappa shape index (κ1) is 16.1. The highest BCUT2D eigenvalue weighted by Crippen LogP contribution is 2.23. The molecule has 0 aromatic heterocycles. The summed E-state index contributed by atoms with van der Waals surface area (Å²) in [5.41, 5.74) is 7.90. The molecule has 0 fully saturated rings. The molecule has 0 spiro atoms. The van der Waals surface area contributed by atoms with Gasteiger partial charge in [-0.1, -0.05) is 30.3 Å². The second-order valence-corrected chi connectivity index (χ2v) is 4.89. The minimum atomic E-state index is -0.897. The molecule has 0 saturated heterocycles. The predicted octanol–water partition coefficient (Wildman–Crippen LogP) is 3.06. The lowest BCUT2D eigenvalue weighted by Gasteiger charge is -2.11. The molecule has 0 aliphatic carbocycles. The molecule has 2 aromatic carbocycles. The molecule has 0 aliphatic heterocycles. The van der Waals surface area contributed by atoms with Gasteiger partial charge in [0.2, 0.25) is 0 Å². The number of carbonyl (C=O) groups excluding carboxylic acids is 1. The van der Waals surface area contributed by atoms with Crippen molar-refractivity contribution >= 4 is 5.97 Å². The minimum Gasteiger partial charge on any atom is -0.465 e. The molecule has 0 unspecified atom stereocenters. The van der Waals surface area contributed by atoms with Crippen LogP contribution in [0.15, 0.2) is 42.5 Å². The van der Waals surface area contributed by atoms with Gasteiger partial charge in [0.15, 0.2) is 11.6 Å². The molecular formula is C17H17F2NO2. The summed E-state index contributed by atoms with van der Waals surface area (Å²) in [6, 6.07) is 10.2. The number of hydrogen-bond acceptors (Lipinski definition) is 3. The van der Waals surface area contributed by atoms with Gasteiger partial charge in [0, 0.05) is 0 Å². The summed E-state index contributed by atoms with van der Waals surface area (Å²) < 4.78 is 31.2. The summed E-state index contributed by atoms with van der Waals surface area (Å²) in [5.74, 6) is -2.24. The highest BCUT2D eigenvalue weighted by molar-refractivity contribution is 5.76. The van der Waals surface area contributed by atoms with Gasteiger partial charge >= 0.3 is 5.97 Å². The summed E-state index contributed by atoms with van der Waals surface area (Å²) in [6.07, 6.45) is 0.316. The minimum absolute atomic E-state index is 0.279. The molecule has 1 atom stereocenters. The average Bonchev–Trinajstić information content (AvgIpc) is 2.50. The highest BCUT2D eigenvalue weighted by atomic mass is 19.2. The molecule has 2 rings (SSSR count). The van der Waals surface area contributed by atoms with Crippen molar-refractivity contribution in [3.05, 3.63) is 59.7 Å².